The van der Waals surface area contributed by atoms with E-state index in [4.69, 9.17) is 0 Å². The highest BCUT2D eigenvalue weighted by Gasteiger charge is 2.82. The number of hydrogen-bond acceptors (Lipinski definition) is 0. The Morgan fingerprint density at radius 3 is 0.635 bits per heavy atom. The van der Waals surface area contributed by atoms with Crippen molar-refractivity contribution in [2.45, 2.75) is 131 Å². The fraction of sp³-hybridized carbons (Fsp3) is 0.365. The number of benzene rings is 5. The van der Waals surface area contributed by atoms with Gasteiger partial charge in [0.2, 0.25) is 0 Å². The molecule has 5 aromatic rings. The maximum absolute atomic E-state index is 3.95. The zero-order valence-electron chi connectivity index (χ0n) is 54.2. The van der Waals surface area contributed by atoms with E-state index >= 15 is 0 Å². The average Bonchev–Trinajstić information content (AvgIpc) is 1.48. The maximum Gasteiger partial charge on any atom is 0.0263 e. The van der Waals surface area contributed by atoms with Crippen molar-refractivity contribution in [3.05, 3.63) is 321 Å². The Hall–Kier alpha value is -7.02. The molecule has 0 nitrogen and oxygen atoms in total. The second-order valence-corrected chi connectivity index (χ2v) is 28.2. The van der Waals surface area contributed by atoms with E-state index in [1.165, 1.54) is 27.8 Å². The van der Waals surface area contributed by atoms with Gasteiger partial charge in [-0.15, -0.1) is 0 Å². The number of allylic oxidation sites excluding steroid dienone is 19. The van der Waals surface area contributed by atoms with Gasteiger partial charge in [-0.3, -0.25) is 0 Å². The highest BCUT2D eigenvalue weighted by Crippen LogP contribution is 2.86. The molecule has 0 aromatic heterocycles. The number of rotatable bonds is 5. The third kappa shape index (κ3) is 8.33. The second-order valence-electron chi connectivity index (χ2n) is 28.2. The monoisotopic (exact) mass is 1120 g/mol. The quantitative estimate of drug-likeness (QED) is 0.165. The molecule has 7 aliphatic rings. The Balaban J connectivity index is 0.000000321. The van der Waals surface area contributed by atoms with E-state index < -0.39 is 0 Å². The standard InChI is InChI=1S/C65H76.C20H20/c1-36-16-26-51(27-17-36)61-41(6)43(8)62(52-28-18-37(2)19-29-52)45(10)47(12)64(54-32-22-39(4)23-33-54)49(14)50(15)65(55-34-24-40(5)25-35-55)48(13)46(11)63(44(9)42(61)7,53-30-20-38(3)21-31-53)58-56(61)57(62)59(64)60(58)65;1-16-6-8-17(2)10-12-19(4)14-15-20(5)13-11-18(3)9-7-16/h16-35,41-50,56H,1-15H3;6-15H,1-5H2/b;8-6-,9-7-,12-10-,13-11-,15-14?/t41-,42+,43+,44-,45-,46+,47+,48-,49-,50+,56?,61?,62?,63?,64?,65?;. The zero-order valence-corrected chi connectivity index (χ0v) is 54.2. The van der Waals surface area contributed by atoms with Gasteiger partial charge in [0, 0.05) is 33.0 Å². The first-order valence-corrected chi connectivity index (χ1v) is 32.1. The van der Waals surface area contributed by atoms with E-state index in [-0.39, 0.29) is 33.0 Å². The van der Waals surface area contributed by atoms with Crippen LogP contribution >= 0.6 is 0 Å². The Morgan fingerprint density at radius 2 is 0.412 bits per heavy atom. The lowest BCUT2D eigenvalue weighted by Gasteiger charge is -2.72. The van der Waals surface area contributed by atoms with Crippen LogP contribution in [0.25, 0.3) is 0 Å². The summed E-state index contributed by atoms with van der Waals surface area (Å²) in [6.07, 6.45) is 19.1. The van der Waals surface area contributed by atoms with Crippen LogP contribution in [0.4, 0.5) is 0 Å². The Morgan fingerprint density at radius 1 is 0.235 bits per heavy atom. The largest absolute Gasteiger partial charge is 0.0918 e. The summed E-state index contributed by atoms with van der Waals surface area (Å²) >= 11 is 0. The molecule has 16 atom stereocenters. The minimum atomic E-state index is -0.185. The van der Waals surface area contributed by atoms with Crippen LogP contribution in [0.2, 0.25) is 0 Å². The molecule has 0 aliphatic heterocycles. The fourth-order valence-corrected chi connectivity index (χ4v) is 20.3. The molecular formula is C85H96. The van der Waals surface area contributed by atoms with Crippen LogP contribution in [-0.4, -0.2) is 0 Å². The summed E-state index contributed by atoms with van der Waals surface area (Å²) in [7, 11) is 0. The summed E-state index contributed by atoms with van der Waals surface area (Å²) in [4.78, 5) is 0. The van der Waals surface area contributed by atoms with E-state index in [9.17, 15) is 0 Å². The van der Waals surface area contributed by atoms with Crippen LogP contribution < -0.4 is 0 Å². The van der Waals surface area contributed by atoms with Gasteiger partial charge in [0.05, 0.1) is 0 Å². The molecule has 0 N–H and O–H groups in total. The van der Waals surface area contributed by atoms with Crippen molar-refractivity contribution in [3.8, 4) is 0 Å². The molecule has 7 aliphatic carbocycles. The van der Waals surface area contributed by atoms with Crippen molar-refractivity contribution in [2.75, 3.05) is 0 Å². The summed E-state index contributed by atoms with van der Waals surface area (Å²) in [5.74, 6) is 4.13. The highest BCUT2D eigenvalue weighted by molar-refractivity contribution is 5.78. The van der Waals surface area contributed by atoms with Crippen LogP contribution in [0, 0.1) is 99.7 Å². The van der Waals surface area contributed by atoms with Crippen molar-refractivity contribution in [1.82, 2.24) is 0 Å². The SMILES string of the molecule is C=C1C=CC(=C)/C=C\C(=C)/C=C\C(=C)/C=C\C(=C)/C=C\1.Cc1ccc(C23C4=C5C6C7=C4C(c4ccc(C)cc4)([C@H](C)[C@@H]2C)[C@@H](C)[C@@H](C)C7(c2ccc(C)cc2)[C@@H](C)[C@@H](C)C6(c2ccc(C)cc2)[C@@H](C)[C@@H](C)C5(c2ccc(C)cc2)[C@@H](C)[C@H]3C)cc1. The molecule has 0 radical (unpaired) electrons. The second kappa shape index (κ2) is 21.7. The molecule has 12 rings (SSSR count). The van der Waals surface area contributed by atoms with Gasteiger partial charge in [0.1, 0.15) is 0 Å². The molecule has 0 heterocycles. The third-order valence-electron chi connectivity index (χ3n) is 24.8. The number of aryl methyl sites for hydroxylation is 5. The summed E-state index contributed by atoms with van der Waals surface area (Å²) in [5.41, 5.74) is 25.4. The maximum atomic E-state index is 3.95. The molecule has 0 heteroatoms. The van der Waals surface area contributed by atoms with Crippen molar-refractivity contribution >= 4 is 0 Å². The molecule has 0 bridgehead atoms. The molecule has 85 heavy (non-hydrogen) atoms. The Labute approximate surface area is 513 Å². The normalized spacial score (nSPS) is 37.1. The minimum Gasteiger partial charge on any atom is -0.0918 e. The van der Waals surface area contributed by atoms with E-state index in [1.807, 2.05) is 71.9 Å². The summed E-state index contributed by atoms with van der Waals surface area (Å²) in [5, 5.41) is 0. The molecule has 0 amide bonds. The van der Waals surface area contributed by atoms with Gasteiger partial charge in [0.25, 0.3) is 0 Å². The first kappa shape index (κ1) is 59.7. The highest BCUT2D eigenvalue weighted by atomic mass is 14.8. The van der Waals surface area contributed by atoms with E-state index in [0.717, 1.165) is 27.9 Å². The lowest BCUT2D eigenvalue weighted by Crippen LogP contribution is -2.70. The minimum absolute atomic E-state index is 0.123. The Bertz CT molecular complexity index is 3400. The van der Waals surface area contributed by atoms with Gasteiger partial charge in [-0.1, -0.05) is 312 Å². The molecule has 0 spiro atoms. The number of hydrogen-bond donors (Lipinski definition) is 0. The first-order valence-electron chi connectivity index (χ1n) is 32.1. The van der Waals surface area contributed by atoms with Crippen molar-refractivity contribution in [1.29, 1.82) is 0 Å². The lowest BCUT2D eigenvalue weighted by molar-refractivity contribution is -0.0728. The van der Waals surface area contributed by atoms with Crippen molar-refractivity contribution in [2.24, 2.45) is 65.1 Å². The van der Waals surface area contributed by atoms with Crippen LogP contribution in [0.15, 0.2) is 265 Å². The van der Waals surface area contributed by atoms with Gasteiger partial charge in [-0.25, -0.2) is 0 Å². The predicted octanol–water partition coefficient (Wildman–Crippen LogP) is 21.4. The molecule has 3 saturated carbocycles. The first-order chi connectivity index (χ1) is 40.4. The topological polar surface area (TPSA) is 0 Å². The summed E-state index contributed by atoms with van der Waals surface area (Å²) < 4.78 is 0. The van der Waals surface area contributed by atoms with Crippen LogP contribution in [0.5, 0.6) is 0 Å². The van der Waals surface area contributed by atoms with Crippen LogP contribution in [0.1, 0.15) is 125 Å². The van der Waals surface area contributed by atoms with Gasteiger partial charge in [-0.05, 0) is 172 Å². The van der Waals surface area contributed by atoms with Crippen LogP contribution in [0.3, 0.4) is 0 Å². The third-order valence-corrected chi connectivity index (χ3v) is 24.8. The zero-order chi connectivity index (χ0) is 61.0. The smallest absolute Gasteiger partial charge is 0.0263 e. The van der Waals surface area contributed by atoms with Gasteiger partial charge in [0.15, 0.2) is 0 Å². The van der Waals surface area contributed by atoms with Crippen molar-refractivity contribution in [3.63, 3.8) is 0 Å². The van der Waals surface area contributed by atoms with Gasteiger partial charge in [-0.2, -0.15) is 0 Å². The Kier molecular flexibility index (Phi) is 15.3. The van der Waals surface area contributed by atoms with Gasteiger partial charge >= 0.3 is 0 Å². The molecule has 3 fully saturated rings. The van der Waals surface area contributed by atoms with E-state index in [1.54, 1.807) is 39.0 Å². The molecular weight excluding hydrogens is 1020 g/mol. The average molecular weight is 1120 g/mol. The van der Waals surface area contributed by atoms with E-state index in [0.29, 0.717) is 59.2 Å². The summed E-state index contributed by atoms with van der Waals surface area (Å²) in [6.45, 7) is 58.5. The van der Waals surface area contributed by atoms with Gasteiger partial charge < -0.3 is 0 Å². The molecule has 436 valence electrons. The predicted molar refractivity (Wildman–Crippen MR) is 365 cm³/mol. The molecule has 0 saturated heterocycles. The molecule has 6 unspecified atom stereocenters. The summed E-state index contributed by atoms with van der Waals surface area (Å²) in [6, 6.07) is 50.5. The van der Waals surface area contributed by atoms with Crippen molar-refractivity contribution < 1.29 is 0 Å². The van der Waals surface area contributed by atoms with E-state index in [2.05, 4.69) is 258 Å². The molecule has 5 aromatic carbocycles. The lowest BCUT2D eigenvalue weighted by atomic mass is 9.30. The van der Waals surface area contributed by atoms with Crippen LogP contribution in [-0.2, 0) is 27.1 Å². The fourth-order valence-electron chi connectivity index (χ4n) is 20.3.